The summed E-state index contributed by atoms with van der Waals surface area (Å²) in [7, 11) is 0. The van der Waals surface area contributed by atoms with Gasteiger partial charge >= 0.3 is 0 Å². The Labute approximate surface area is 120 Å². The molecule has 1 aliphatic carbocycles. The minimum absolute atomic E-state index is 0.157. The molecule has 0 unspecified atom stereocenters. The fraction of sp³-hybridized carbons (Fsp3) is 0.529. The highest BCUT2D eigenvalue weighted by Gasteiger charge is 2.32. The summed E-state index contributed by atoms with van der Waals surface area (Å²) in [5.74, 6) is 0.550. The van der Waals surface area contributed by atoms with Gasteiger partial charge in [-0.25, -0.2) is 0 Å². The molecular weight excluding hydrogens is 250 g/mol. The molecule has 1 heterocycles. The number of aryl methyl sites for hydroxylation is 1. The van der Waals surface area contributed by atoms with E-state index in [2.05, 4.69) is 0 Å². The van der Waals surface area contributed by atoms with Crippen LogP contribution in [0.5, 0.6) is 0 Å². The fourth-order valence-corrected chi connectivity index (χ4v) is 3.49. The third kappa shape index (κ3) is 2.26. The van der Waals surface area contributed by atoms with E-state index >= 15 is 0 Å². The molecular formula is C17H21NO2. The Morgan fingerprint density at radius 2 is 1.95 bits per heavy atom. The number of hydrogen-bond acceptors (Lipinski definition) is 2. The molecule has 0 bridgehead atoms. The van der Waals surface area contributed by atoms with Crippen molar-refractivity contribution in [2.45, 2.75) is 45.4 Å². The Kier molecular flexibility index (Phi) is 3.60. The molecule has 3 rings (SSSR count). The van der Waals surface area contributed by atoms with Crippen LogP contribution >= 0.6 is 0 Å². The molecule has 3 nitrogen and oxygen atoms in total. The Morgan fingerprint density at radius 3 is 2.70 bits per heavy atom. The Hall–Kier alpha value is -1.64. The summed E-state index contributed by atoms with van der Waals surface area (Å²) in [5.41, 5.74) is 2.61. The van der Waals surface area contributed by atoms with Crippen molar-refractivity contribution in [3.8, 4) is 0 Å². The van der Waals surface area contributed by atoms with Crippen molar-refractivity contribution >= 4 is 17.4 Å². The molecule has 0 aromatic heterocycles. The van der Waals surface area contributed by atoms with Crippen LogP contribution in [0.3, 0.4) is 0 Å². The number of carbonyl (C=O) groups is 2. The monoisotopic (exact) mass is 271 g/mol. The maximum atomic E-state index is 12.8. The maximum Gasteiger partial charge on any atom is 0.230 e. The van der Waals surface area contributed by atoms with E-state index in [1.165, 1.54) is 6.42 Å². The van der Waals surface area contributed by atoms with Gasteiger partial charge in [0.2, 0.25) is 5.91 Å². The van der Waals surface area contributed by atoms with Gasteiger partial charge in [0.15, 0.2) is 5.78 Å². The molecule has 0 radical (unpaired) electrons. The van der Waals surface area contributed by atoms with Crippen LogP contribution in [-0.4, -0.2) is 18.2 Å². The van der Waals surface area contributed by atoms with Gasteiger partial charge in [-0.15, -0.1) is 0 Å². The molecule has 0 N–H and O–H groups in total. The first-order valence-corrected chi connectivity index (χ1v) is 7.62. The number of benzene rings is 1. The topological polar surface area (TPSA) is 37.4 Å². The quantitative estimate of drug-likeness (QED) is 0.784. The molecule has 1 amide bonds. The number of fused-ring (bicyclic) bond motifs is 1. The predicted octanol–water partition coefficient (Wildman–Crippen LogP) is 3.49. The zero-order valence-corrected chi connectivity index (χ0v) is 12.0. The smallest absolute Gasteiger partial charge is 0.230 e. The van der Waals surface area contributed by atoms with Gasteiger partial charge in [0.1, 0.15) is 0 Å². The van der Waals surface area contributed by atoms with E-state index in [9.17, 15) is 9.59 Å². The van der Waals surface area contributed by atoms with Crippen molar-refractivity contribution in [3.63, 3.8) is 0 Å². The summed E-state index contributed by atoms with van der Waals surface area (Å²) < 4.78 is 0. The summed E-state index contributed by atoms with van der Waals surface area (Å²) in [5, 5.41) is 0. The normalized spacial score (nSPS) is 19.9. The van der Waals surface area contributed by atoms with Gasteiger partial charge in [0.25, 0.3) is 0 Å². The minimum atomic E-state index is 0.157. The number of para-hydroxylation sites is 1. The van der Waals surface area contributed by atoms with E-state index in [-0.39, 0.29) is 17.6 Å². The standard InChI is InChI=1S/C17H21NO2/c1-12-6-5-9-14-15(19)10-11-18(16(12)14)17(20)13-7-3-2-4-8-13/h5-6,9,13H,2-4,7-8,10-11H2,1H3. The number of hydrogen-bond donors (Lipinski definition) is 0. The van der Waals surface area contributed by atoms with Gasteiger partial charge in [-0.2, -0.15) is 0 Å². The first-order chi connectivity index (χ1) is 9.68. The van der Waals surface area contributed by atoms with Gasteiger partial charge in [-0.05, 0) is 31.4 Å². The van der Waals surface area contributed by atoms with Gasteiger partial charge < -0.3 is 4.90 Å². The number of anilines is 1. The lowest BCUT2D eigenvalue weighted by Gasteiger charge is -2.34. The minimum Gasteiger partial charge on any atom is -0.311 e. The molecule has 0 spiro atoms. The van der Waals surface area contributed by atoms with Gasteiger partial charge in [-0.1, -0.05) is 31.4 Å². The molecule has 0 atom stereocenters. The van der Waals surface area contributed by atoms with Crippen LogP contribution in [0.4, 0.5) is 5.69 Å². The number of Topliss-reactive ketones (excluding diaryl/α,β-unsaturated/α-hetero) is 1. The third-order valence-corrected chi connectivity index (χ3v) is 4.59. The van der Waals surface area contributed by atoms with Crippen molar-refractivity contribution in [2.24, 2.45) is 5.92 Å². The SMILES string of the molecule is Cc1cccc2c1N(C(=O)C1CCCCC1)CCC2=O. The van der Waals surface area contributed by atoms with E-state index in [0.29, 0.717) is 13.0 Å². The molecule has 3 heteroatoms. The molecule has 20 heavy (non-hydrogen) atoms. The molecule has 106 valence electrons. The highest BCUT2D eigenvalue weighted by atomic mass is 16.2. The van der Waals surface area contributed by atoms with E-state index in [0.717, 1.165) is 42.5 Å². The van der Waals surface area contributed by atoms with Gasteiger partial charge in [0, 0.05) is 24.4 Å². The Morgan fingerprint density at radius 1 is 1.20 bits per heavy atom. The maximum absolute atomic E-state index is 12.8. The molecule has 1 aliphatic heterocycles. The summed E-state index contributed by atoms with van der Waals surface area (Å²) >= 11 is 0. The van der Waals surface area contributed by atoms with Crippen LogP contribution in [0.1, 0.15) is 54.4 Å². The lowest BCUT2D eigenvalue weighted by Crippen LogP contribution is -2.42. The highest BCUT2D eigenvalue weighted by Crippen LogP contribution is 2.34. The fourth-order valence-electron chi connectivity index (χ4n) is 3.49. The van der Waals surface area contributed by atoms with E-state index in [1.807, 2.05) is 30.0 Å². The summed E-state index contributed by atoms with van der Waals surface area (Å²) in [4.78, 5) is 26.7. The van der Waals surface area contributed by atoms with Crippen LogP contribution in [0.15, 0.2) is 18.2 Å². The van der Waals surface area contributed by atoms with E-state index < -0.39 is 0 Å². The lowest BCUT2D eigenvalue weighted by atomic mass is 9.87. The molecule has 1 aromatic carbocycles. The number of ketones is 1. The third-order valence-electron chi connectivity index (χ3n) is 4.59. The largest absolute Gasteiger partial charge is 0.311 e. The number of amides is 1. The van der Waals surface area contributed by atoms with Crippen molar-refractivity contribution in [3.05, 3.63) is 29.3 Å². The molecule has 2 aliphatic rings. The first-order valence-electron chi connectivity index (χ1n) is 7.62. The zero-order chi connectivity index (χ0) is 14.1. The highest BCUT2D eigenvalue weighted by molar-refractivity contribution is 6.09. The second kappa shape index (κ2) is 5.39. The van der Waals surface area contributed by atoms with Crippen LogP contribution in [0.2, 0.25) is 0 Å². The van der Waals surface area contributed by atoms with Crippen molar-refractivity contribution < 1.29 is 9.59 Å². The zero-order valence-electron chi connectivity index (χ0n) is 12.0. The van der Waals surface area contributed by atoms with Crippen molar-refractivity contribution in [2.75, 3.05) is 11.4 Å². The summed E-state index contributed by atoms with van der Waals surface area (Å²) in [6.07, 6.45) is 6.02. The number of carbonyl (C=O) groups excluding carboxylic acids is 2. The average Bonchev–Trinajstić information content (AvgIpc) is 2.49. The number of nitrogens with zero attached hydrogens (tertiary/aromatic N) is 1. The predicted molar refractivity (Wildman–Crippen MR) is 79.1 cm³/mol. The van der Waals surface area contributed by atoms with Gasteiger partial charge in [-0.3, -0.25) is 9.59 Å². The molecule has 0 saturated heterocycles. The lowest BCUT2D eigenvalue weighted by molar-refractivity contribution is -0.123. The van der Waals surface area contributed by atoms with Crippen LogP contribution in [0.25, 0.3) is 0 Å². The van der Waals surface area contributed by atoms with Crippen LogP contribution < -0.4 is 4.90 Å². The van der Waals surface area contributed by atoms with Crippen molar-refractivity contribution in [1.29, 1.82) is 0 Å². The van der Waals surface area contributed by atoms with E-state index in [4.69, 9.17) is 0 Å². The first kappa shape index (κ1) is 13.3. The molecule has 1 saturated carbocycles. The second-order valence-corrected chi connectivity index (χ2v) is 5.97. The average molecular weight is 271 g/mol. The molecule has 1 fully saturated rings. The van der Waals surface area contributed by atoms with Gasteiger partial charge in [0.05, 0.1) is 5.69 Å². The van der Waals surface area contributed by atoms with Crippen LogP contribution in [0, 0.1) is 12.8 Å². The van der Waals surface area contributed by atoms with Crippen molar-refractivity contribution in [1.82, 2.24) is 0 Å². The molecule has 1 aromatic rings. The summed E-state index contributed by atoms with van der Waals surface area (Å²) in [6.45, 7) is 2.53. The number of rotatable bonds is 1. The second-order valence-electron chi connectivity index (χ2n) is 5.97. The Bertz CT molecular complexity index is 544. The Balaban J connectivity index is 1.94. The summed E-state index contributed by atoms with van der Waals surface area (Å²) in [6, 6.07) is 5.74. The van der Waals surface area contributed by atoms with Crippen LogP contribution in [-0.2, 0) is 4.79 Å². The van der Waals surface area contributed by atoms with E-state index in [1.54, 1.807) is 0 Å².